The van der Waals surface area contributed by atoms with Crippen LogP contribution in [-0.2, 0) is 10.0 Å². The van der Waals surface area contributed by atoms with Crippen LogP contribution >= 0.6 is 11.8 Å². The molecule has 0 radical (unpaired) electrons. The van der Waals surface area contributed by atoms with Crippen LogP contribution in [0.1, 0.15) is 43.1 Å². The Labute approximate surface area is 200 Å². The molecular weight excluding hydrogens is 456 g/mol. The summed E-state index contributed by atoms with van der Waals surface area (Å²) in [6, 6.07) is 15.4. The summed E-state index contributed by atoms with van der Waals surface area (Å²) in [6.45, 7) is 9.15. The lowest BCUT2D eigenvalue weighted by Gasteiger charge is -2.31. The second-order valence-electron chi connectivity index (χ2n) is 8.98. The number of carbonyl (C=O) groups is 1. The highest BCUT2D eigenvalue weighted by atomic mass is 32.2. The number of rotatable bonds is 7. The molecule has 2 atom stereocenters. The van der Waals surface area contributed by atoms with E-state index in [2.05, 4.69) is 16.6 Å². The van der Waals surface area contributed by atoms with Gasteiger partial charge in [0.2, 0.25) is 10.0 Å². The van der Waals surface area contributed by atoms with Crippen LogP contribution in [0.3, 0.4) is 0 Å². The summed E-state index contributed by atoms with van der Waals surface area (Å²) in [4.78, 5) is 17.6. The van der Waals surface area contributed by atoms with Crippen LogP contribution in [0.2, 0.25) is 0 Å². The van der Waals surface area contributed by atoms with Crippen LogP contribution in [-0.4, -0.2) is 42.7 Å². The van der Waals surface area contributed by atoms with Gasteiger partial charge in [0.15, 0.2) is 0 Å². The average molecular weight is 487 g/mol. The first kappa shape index (κ1) is 25.0. The standard InChI is InChI=1S/C24H30N4O3S2/c1-16(33(30,31)28-24(2,3)4)14-20-21(26-22(29)17-8-6-5-7-9-17)15-32-23(27-20)18-10-12-19(25)13-11-18/h5-13,20-21,28H,1,14-15,25H2,2-4H3,(H,26,29)/t20-,21?/m1/s1. The van der Waals surface area contributed by atoms with Gasteiger partial charge in [-0.1, -0.05) is 36.9 Å². The van der Waals surface area contributed by atoms with Crippen molar-refractivity contribution in [2.75, 3.05) is 11.5 Å². The zero-order valence-corrected chi connectivity index (χ0v) is 20.7. The summed E-state index contributed by atoms with van der Waals surface area (Å²) in [5.41, 5.74) is 7.25. The number of sulfonamides is 1. The number of anilines is 1. The van der Waals surface area contributed by atoms with Gasteiger partial charge < -0.3 is 11.1 Å². The number of carbonyl (C=O) groups excluding carboxylic acids is 1. The molecule has 2 aromatic rings. The number of aliphatic imine (C=N–C) groups is 1. The van der Waals surface area contributed by atoms with Crippen molar-refractivity contribution in [1.29, 1.82) is 0 Å². The van der Waals surface area contributed by atoms with Crippen molar-refractivity contribution in [1.82, 2.24) is 10.0 Å². The minimum Gasteiger partial charge on any atom is -0.399 e. The van der Waals surface area contributed by atoms with Gasteiger partial charge in [-0.2, -0.15) is 0 Å². The molecule has 9 heteroatoms. The Morgan fingerprint density at radius 3 is 2.39 bits per heavy atom. The van der Waals surface area contributed by atoms with Crippen LogP contribution in [0.25, 0.3) is 0 Å². The summed E-state index contributed by atoms with van der Waals surface area (Å²) < 4.78 is 28.2. The molecule has 1 aliphatic heterocycles. The van der Waals surface area contributed by atoms with Gasteiger partial charge in [-0.15, -0.1) is 11.8 Å². The molecule has 1 amide bonds. The largest absolute Gasteiger partial charge is 0.399 e. The number of amides is 1. The number of nitrogens with one attached hydrogen (secondary N) is 2. The lowest BCUT2D eigenvalue weighted by Crippen LogP contribution is -2.48. The van der Waals surface area contributed by atoms with Crippen molar-refractivity contribution in [2.24, 2.45) is 4.99 Å². The third-order valence-corrected chi connectivity index (χ3v) is 7.86. The Morgan fingerprint density at radius 2 is 1.79 bits per heavy atom. The van der Waals surface area contributed by atoms with Crippen molar-refractivity contribution in [3.8, 4) is 0 Å². The SMILES string of the molecule is C=C(C[C@H]1N=C(c2ccc(N)cc2)SCC1NC(=O)c1ccccc1)S(=O)(=O)NC(C)(C)C. The fourth-order valence-corrected chi connectivity index (χ4v) is 5.82. The van der Waals surface area contributed by atoms with Crippen LogP contribution in [0.4, 0.5) is 5.69 Å². The van der Waals surface area contributed by atoms with E-state index >= 15 is 0 Å². The summed E-state index contributed by atoms with van der Waals surface area (Å²) in [7, 11) is -3.76. The molecule has 1 unspecified atom stereocenters. The number of thioether (sulfide) groups is 1. The van der Waals surface area contributed by atoms with Crippen LogP contribution < -0.4 is 15.8 Å². The first-order valence-corrected chi connectivity index (χ1v) is 13.1. The molecule has 1 heterocycles. The number of nitrogens with two attached hydrogens (primary N) is 1. The number of hydrogen-bond donors (Lipinski definition) is 3. The highest BCUT2D eigenvalue weighted by Gasteiger charge is 2.32. The van der Waals surface area contributed by atoms with E-state index in [1.807, 2.05) is 18.2 Å². The lowest BCUT2D eigenvalue weighted by atomic mass is 10.1. The first-order valence-electron chi connectivity index (χ1n) is 10.6. The van der Waals surface area contributed by atoms with Crippen LogP contribution in [0.5, 0.6) is 0 Å². The second kappa shape index (κ2) is 10.1. The molecule has 0 fully saturated rings. The fourth-order valence-electron chi connectivity index (χ4n) is 3.33. The van der Waals surface area contributed by atoms with E-state index < -0.39 is 21.6 Å². The quantitative estimate of drug-likeness (QED) is 0.518. The molecule has 33 heavy (non-hydrogen) atoms. The van der Waals surface area contributed by atoms with Gasteiger partial charge >= 0.3 is 0 Å². The first-order chi connectivity index (χ1) is 15.4. The van der Waals surface area contributed by atoms with Crippen molar-refractivity contribution in [3.05, 3.63) is 77.2 Å². The molecule has 7 nitrogen and oxygen atoms in total. The van der Waals surface area contributed by atoms with Crippen molar-refractivity contribution in [2.45, 2.75) is 44.8 Å². The Bertz CT molecular complexity index is 1140. The Balaban J connectivity index is 1.87. The van der Waals surface area contributed by atoms with Gasteiger partial charge in [0.25, 0.3) is 5.91 Å². The van der Waals surface area contributed by atoms with Crippen molar-refractivity contribution < 1.29 is 13.2 Å². The maximum atomic E-state index is 12.8. The summed E-state index contributed by atoms with van der Waals surface area (Å²) >= 11 is 1.52. The topological polar surface area (TPSA) is 114 Å². The molecule has 4 N–H and O–H groups in total. The number of hydrogen-bond acceptors (Lipinski definition) is 6. The van der Waals surface area contributed by atoms with E-state index in [0.29, 0.717) is 17.0 Å². The van der Waals surface area contributed by atoms with Gasteiger partial charge in [-0.3, -0.25) is 9.79 Å². The number of benzene rings is 2. The Hall–Kier alpha value is -2.62. The van der Waals surface area contributed by atoms with Crippen LogP contribution in [0, 0.1) is 0 Å². The predicted octanol–water partition coefficient (Wildman–Crippen LogP) is 3.55. The lowest BCUT2D eigenvalue weighted by molar-refractivity contribution is 0.0935. The van der Waals surface area contributed by atoms with Gasteiger partial charge in [0.1, 0.15) is 0 Å². The van der Waals surface area contributed by atoms with E-state index in [1.54, 1.807) is 57.2 Å². The van der Waals surface area contributed by atoms with E-state index in [-0.39, 0.29) is 23.3 Å². The van der Waals surface area contributed by atoms with Crippen LogP contribution in [0.15, 0.2) is 71.1 Å². The maximum Gasteiger partial charge on any atom is 0.251 e. The second-order valence-corrected chi connectivity index (χ2v) is 11.8. The highest BCUT2D eigenvalue weighted by molar-refractivity contribution is 8.14. The third kappa shape index (κ3) is 6.93. The van der Waals surface area contributed by atoms with E-state index in [0.717, 1.165) is 10.6 Å². The summed E-state index contributed by atoms with van der Waals surface area (Å²) in [6.07, 6.45) is 0.0875. The van der Waals surface area contributed by atoms with Crippen molar-refractivity contribution in [3.63, 3.8) is 0 Å². The number of nitrogens with zero attached hydrogens (tertiary/aromatic N) is 1. The molecular formula is C24H30N4O3S2. The molecule has 0 saturated carbocycles. The molecule has 1 aliphatic rings. The molecule has 0 saturated heterocycles. The Kier molecular flexibility index (Phi) is 7.66. The summed E-state index contributed by atoms with van der Waals surface area (Å²) in [5.74, 6) is 0.325. The average Bonchev–Trinajstić information content (AvgIpc) is 2.74. The van der Waals surface area contributed by atoms with E-state index in [1.165, 1.54) is 11.8 Å². The smallest absolute Gasteiger partial charge is 0.251 e. The van der Waals surface area contributed by atoms with Gasteiger partial charge in [0.05, 0.1) is 22.0 Å². The fraction of sp³-hybridized carbons (Fsp3) is 0.333. The predicted molar refractivity (Wildman–Crippen MR) is 137 cm³/mol. The Morgan fingerprint density at radius 1 is 1.15 bits per heavy atom. The zero-order valence-electron chi connectivity index (χ0n) is 19.0. The monoisotopic (exact) mass is 486 g/mol. The molecule has 0 aromatic heterocycles. The molecule has 0 bridgehead atoms. The maximum absolute atomic E-state index is 12.8. The molecule has 2 aromatic carbocycles. The highest BCUT2D eigenvalue weighted by Crippen LogP contribution is 2.28. The van der Waals surface area contributed by atoms with E-state index in [9.17, 15) is 13.2 Å². The molecule has 0 spiro atoms. The van der Waals surface area contributed by atoms with E-state index in [4.69, 9.17) is 10.7 Å². The number of nitrogen functional groups attached to an aromatic ring is 1. The summed E-state index contributed by atoms with van der Waals surface area (Å²) in [5, 5.41) is 3.81. The molecule has 176 valence electrons. The molecule has 3 rings (SSSR count). The zero-order chi connectivity index (χ0) is 24.2. The molecule has 0 aliphatic carbocycles. The van der Waals surface area contributed by atoms with Gasteiger partial charge in [-0.05, 0) is 45.0 Å². The minimum atomic E-state index is -3.76. The van der Waals surface area contributed by atoms with Gasteiger partial charge in [-0.25, -0.2) is 13.1 Å². The van der Waals surface area contributed by atoms with Gasteiger partial charge in [0, 0.05) is 34.5 Å². The minimum absolute atomic E-state index is 0.0358. The normalized spacial score (nSPS) is 18.9. The third-order valence-electron chi connectivity index (χ3n) is 4.91. The van der Waals surface area contributed by atoms with Crippen molar-refractivity contribution >= 4 is 38.4 Å².